The molecule has 0 aliphatic rings. The summed E-state index contributed by atoms with van der Waals surface area (Å²) in [4.78, 5) is 0. The van der Waals surface area contributed by atoms with Gasteiger partial charge in [-0.2, -0.15) is 0 Å². The predicted molar refractivity (Wildman–Crippen MR) is 88.1 cm³/mol. The van der Waals surface area contributed by atoms with Crippen LogP contribution in [-0.2, 0) is 12.7 Å². The molecule has 0 fully saturated rings. The Morgan fingerprint density at radius 2 is 1.37 bits per heavy atom. The van der Waals surface area contributed by atoms with Crippen LogP contribution in [0, 0.1) is 0 Å². The average Bonchev–Trinajstić information content (AvgIpc) is 2.20. The van der Waals surface area contributed by atoms with Gasteiger partial charge in [0.2, 0.25) is 0 Å². The quantitative estimate of drug-likeness (QED) is 0.600. The Hall–Kier alpha value is 0.451. The van der Waals surface area contributed by atoms with E-state index in [1.165, 1.54) is 0 Å². The van der Waals surface area contributed by atoms with Crippen molar-refractivity contribution >= 4 is 25.4 Å². The van der Waals surface area contributed by atoms with Gasteiger partial charge in [0.15, 0.2) is 8.32 Å². The molecule has 0 bridgehead atoms. The van der Waals surface area contributed by atoms with Crippen molar-refractivity contribution in [2.45, 2.75) is 51.7 Å². The van der Waals surface area contributed by atoms with E-state index < -0.39 is 25.4 Å². The summed E-state index contributed by atoms with van der Waals surface area (Å²) in [5.74, 6) is 0. The summed E-state index contributed by atoms with van der Waals surface area (Å²) in [6.07, 6.45) is 1.02. The highest BCUT2D eigenvalue weighted by molar-refractivity contribution is 6.86. The van der Waals surface area contributed by atoms with E-state index in [2.05, 4.69) is 39.3 Å². The first-order chi connectivity index (χ1) is 8.54. The molecule has 0 amide bonds. The molecule has 0 aromatic carbocycles. The zero-order chi connectivity index (χ0) is 15.2. The summed E-state index contributed by atoms with van der Waals surface area (Å²) in [6.45, 7) is 14.6. The fourth-order valence-corrected chi connectivity index (χ4v) is 15.1. The fourth-order valence-electron chi connectivity index (χ4n) is 2.19. The maximum absolute atomic E-state index is 6.37. The van der Waals surface area contributed by atoms with Crippen LogP contribution < -0.4 is 11.5 Å². The fraction of sp³-hybridized carbons (Fsp3) is 1.00. The average molecular weight is 325 g/mol. The van der Waals surface area contributed by atoms with Crippen LogP contribution in [0.3, 0.4) is 0 Å². The molecule has 0 unspecified atom stereocenters. The van der Waals surface area contributed by atoms with Crippen molar-refractivity contribution in [3.05, 3.63) is 0 Å². The van der Waals surface area contributed by atoms with Crippen LogP contribution in [0.15, 0.2) is 0 Å². The topological polar surface area (TPSA) is 79.7 Å². The summed E-state index contributed by atoms with van der Waals surface area (Å²) in [7, 11) is -5.99. The first-order valence-electron chi connectivity index (χ1n) is 6.98. The first kappa shape index (κ1) is 19.5. The Morgan fingerprint density at radius 3 is 1.84 bits per heavy atom. The van der Waals surface area contributed by atoms with Crippen molar-refractivity contribution in [1.82, 2.24) is 0 Å². The van der Waals surface area contributed by atoms with Gasteiger partial charge in [-0.25, -0.2) is 0 Å². The molecule has 0 saturated heterocycles. The summed E-state index contributed by atoms with van der Waals surface area (Å²) >= 11 is 0. The zero-order valence-corrected chi connectivity index (χ0v) is 16.4. The van der Waals surface area contributed by atoms with E-state index in [-0.39, 0.29) is 0 Å². The minimum atomic E-state index is -2.16. The van der Waals surface area contributed by atoms with Gasteiger partial charge >= 0.3 is 17.1 Å². The first-order valence-corrected chi connectivity index (χ1v) is 15.7. The molecule has 0 heterocycles. The Labute approximate surface area is 121 Å². The van der Waals surface area contributed by atoms with Crippen LogP contribution >= 0.6 is 0 Å². The minimum Gasteiger partial charge on any atom is -0.436 e. The number of hydrogen-bond acceptors (Lipinski definition) is 5. The smallest absolute Gasteiger partial charge is 0.322 e. The lowest BCUT2D eigenvalue weighted by molar-refractivity contribution is 0.236. The normalized spacial score (nSPS) is 13.9. The van der Waals surface area contributed by atoms with Gasteiger partial charge in [-0.3, -0.25) is 0 Å². The molecule has 8 heteroatoms. The highest BCUT2D eigenvalue weighted by atomic mass is 28.5. The van der Waals surface area contributed by atoms with Gasteiger partial charge in [0.1, 0.15) is 0 Å². The third kappa shape index (κ3) is 9.91. The van der Waals surface area contributed by atoms with Crippen LogP contribution in [0.1, 0.15) is 6.42 Å². The number of hydrogen-bond donors (Lipinski definition) is 2. The standard InChI is InChI=1S/C11H32N2O3Si3/c1-17(2,11-7-8-12)15-19(5,6)16-18(3,4)14-10-9-13/h7-13H2,1-6H3. The van der Waals surface area contributed by atoms with E-state index in [0.29, 0.717) is 13.2 Å². The van der Waals surface area contributed by atoms with Crippen molar-refractivity contribution in [3.63, 3.8) is 0 Å². The summed E-state index contributed by atoms with van der Waals surface area (Å²) < 4.78 is 18.3. The van der Waals surface area contributed by atoms with Gasteiger partial charge in [-0.1, -0.05) is 0 Å². The van der Waals surface area contributed by atoms with Gasteiger partial charge in [0, 0.05) is 13.2 Å². The third-order valence-corrected chi connectivity index (χ3v) is 13.1. The highest BCUT2D eigenvalue weighted by Crippen LogP contribution is 2.23. The Bertz CT molecular complexity index is 240. The largest absolute Gasteiger partial charge is 0.436 e. The molecule has 0 aliphatic heterocycles. The molecule has 0 aromatic rings. The lowest BCUT2D eigenvalue weighted by Crippen LogP contribution is -2.53. The summed E-state index contributed by atoms with van der Waals surface area (Å²) in [5.41, 5.74) is 11.1. The maximum atomic E-state index is 6.37. The van der Waals surface area contributed by atoms with Gasteiger partial charge in [-0.05, 0) is 58.3 Å². The summed E-state index contributed by atoms with van der Waals surface area (Å²) in [6, 6.07) is 1.08. The molecule has 0 aromatic heterocycles. The van der Waals surface area contributed by atoms with Crippen molar-refractivity contribution in [1.29, 1.82) is 0 Å². The third-order valence-electron chi connectivity index (χ3n) is 2.56. The van der Waals surface area contributed by atoms with Gasteiger partial charge in [-0.15, -0.1) is 0 Å². The highest BCUT2D eigenvalue weighted by Gasteiger charge is 2.40. The lowest BCUT2D eigenvalue weighted by atomic mass is 10.5. The Morgan fingerprint density at radius 1 is 0.789 bits per heavy atom. The van der Waals surface area contributed by atoms with E-state index in [0.717, 1.165) is 19.0 Å². The molecule has 0 rings (SSSR count). The van der Waals surface area contributed by atoms with E-state index in [1.807, 2.05) is 0 Å². The Kier molecular flexibility index (Phi) is 8.22. The van der Waals surface area contributed by atoms with Crippen molar-refractivity contribution in [2.75, 3.05) is 19.7 Å². The molecule has 0 atom stereocenters. The Balaban J connectivity index is 4.44. The van der Waals surface area contributed by atoms with E-state index in [1.54, 1.807) is 0 Å². The predicted octanol–water partition coefficient (Wildman–Crippen LogP) is 1.95. The SMILES string of the molecule is C[Si](C)(CCCN)O[Si](C)(C)O[Si](C)(C)OCCN. The van der Waals surface area contributed by atoms with Crippen LogP contribution in [-0.4, -0.2) is 45.1 Å². The van der Waals surface area contributed by atoms with Gasteiger partial charge in [0.25, 0.3) is 0 Å². The van der Waals surface area contributed by atoms with Gasteiger partial charge in [0.05, 0.1) is 0 Å². The molecule has 4 N–H and O–H groups in total. The molecule has 5 nitrogen and oxygen atoms in total. The molecular formula is C11H32N2O3Si3. The molecule has 0 radical (unpaired) electrons. The lowest BCUT2D eigenvalue weighted by Gasteiger charge is -2.38. The van der Waals surface area contributed by atoms with E-state index >= 15 is 0 Å². The maximum Gasteiger partial charge on any atom is 0.322 e. The van der Waals surface area contributed by atoms with E-state index in [4.69, 9.17) is 24.1 Å². The van der Waals surface area contributed by atoms with Crippen LogP contribution in [0.2, 0.25) is 45.3 Å². The monoisotopic (exact) mass is 324 g/mol. The van der Waals surface area contributed by atoms with E-state index in [9.17, 15) is 0 Å². The van der Waals surface area contributed by atoms with Crippen molar-refractivity contribution < 1.29 is 12.7 Å². The molecule has 19 heavy (non-hydrogen) atoms. The van der Waals surface area contributed by atoms with Crippen molar-refractivity contribution in [2.24, 2.45) is 11.5 Å². The molecular weight excluding hydrogens is 292 g/mol. The second kappa shape index (κ2) is 8.03. The molecule has 0 aliphatic carbocycles. The summed E-state index contributed by atoms with van der Waals surface area (Å²) in [5, 5.41) is 0. The van der Waals surface area contributed by atoms with Crippen LogP contribution in [0.4, 0.5) is 0 Å². The second-order valence-electron chi connectivity index (χ2n) is 6.29. The zero-order valence-electron chi connectivity index (χ0n) is 13.4. The molecule has 0 saturated carbocycles. The van der Waals surface area contributed by atoms with Crippen LogP contribution in [0.5, 0.6) is 0 Å². The van der Waals surface area contributed by atoms with Crippen molar-refractivity contribution in [3.8, 4) is 0 Å². The van der Waals surface area contributed by atoms with Gasteiger partial charge < -0.3 is 24.1 Å². The molecule has 116 valence electrons. The second-order valence-corrected chi connectivity index (χ2v) is 17.8. The number of rotatable bonds is 10. The number of nitrogens with two attached hydrogens (primary N) is 2. The molecule has 0 spiro atoms. The minimum absolute atomic E-state index is 0.527. The van der Waals surface area contributed by atoms with Crippen LogP contribution in [0.25, 0.3) is 0 Å².